The predicted octanol–water partition coefficient (Wildman–Crippen LogP) is 7.36. The maximum absolute atomic E-state index is 10.8. The van der Waals surface area contributed by atoms with Gasteiger partial charge >= 0.3 is 5.97 Å². The molecule has 0 radical (unpaired) electrons. The van der Waals surface area contributed by atoms with Crippen LogP contribution in [0.1, 0.15) is 89.3 Å². The van der Waals surface area contributed by atoms with E-state index in [2.05, 4.69) is 32.9 Å². The molecular formula is C28H40O4. The van der Waals surface area contributed by atoms with Crippen LogP contribution < -0.4 is 4.74 Å². The number of aromatic hydroxyl groups is 1. The van der Waals surface area contributed by atoms with Crippen molar-refractivity contribution in [3.05, 3.63) is 57.7 Å². The molecule has 1 heterocycles. The van der Waals surface area contributed by atoms with E-state index in [0.717, 1.165) is 73.8 Å². The van der Waals surface area contributed by atoms with Crippen LogP contribution >= 0.6 is 0 Å². The molecule has 0 spiro atoms. The minimum atomic E-state index is -0.839. The number of phenolic OH excluding ortho intramolecular Hbond substituents is 1. The van der Waals surface area contributed by atoms with Gasteiger partial charge in [-0.2, -0.15) is 0 Å². The zero-order valence-electron chi connectivity index (χ0n) is 20.7. The third-order valence-corrected chi connectivity index (χ3v) is 6.69. The molecule has 4 heteroatoms. The van der Waals surface area contributed by atoms with Crippen molar-refractivity contribution in [3.8, 4) is 11.5 Å². The Labute approximate surface area is 193 Å². The number of fused-ring (bicyclic) bond motifs is 1. The van der Waals surface area contributed by atoms with Gasteiger partial charge in [0.2, 0.25) is 0 Å². The predicted molar refractivity (Wildman–Crippen MR) is 132 cm³/mol. The number of phenols is 1. The van der Waals surface area contributed by atoms with Crippen molar-refractivity contribution < 1.29 is 19.7 Å². The Balaban J connectivity index is 1.81. The van der Waals surface area contributed by atoms with Crippen molar-refractivity contribution in [2.24, 2.45) is 0 Å². The Morgan fingerprint density at radius 3 is 2.25 bits per heavy atom. The van der Waals surface area contributed by atoms with Gasteiger partial charge in [0.1, 0.15) is 17.1 Å². The first-order valence-corrected chi connectivity index (χ1v) is 11.7. The lowest BCUT2D eigenvalue weighted by Crippen LogP contribution is -2.36. The molecule has 0 aromatic heterocycles. The van der Waals surface area contributed by atoms with Crippen molar-refractivity contribution in [3.63, 3.8) is 0 Å². The normalized spacial score (nSPS) is 19.5. The maximum atomic E-state index is 10.8. The van der Waals surface area contributed by atoms with Crippen LogP contribution in [-0.4, -0.2) is 21.8 Å². The molecule has 1 aliphatic heterocycles. The average Bonchev–Trinajstić information content (AvgIpc) is 2.72. The van der Waals surface area contributed by atoms with Crippen molar-refractivity contribution in [1.82, 2.24) is 0 Å². The number of hydrogen-bond acceptors (Lipinski definition) is 3. The topological polar surface area (TPSA) is 66.8 Å². The first-order chi connectivity index (χ1) is 15.0. The smallest absolute Gasteiger partial charge is 0.330 e. The summed E-state index contributed by atoms with van der Waals surface area (Å²) in [7, 11) is 0. The molecule has 1 atom stereocenters. The molecule has 1 aliphatic rings. The standard InChI is InChI=1S/C28H40O4/c1-19(12-8-14-21(3)27(30)31)10-7-11-20(2)13-9-16-28(6)17-15-24-18-25(29)22(4)23(5)26(24)32-28/h10,13-14,18,29H,7-9,11-12,15-17H2,1-6H3,(H,30,31)/b19-10+,20-13+,21-14+/t28-/m1/s1. The van der Waals surface area contributed by atoms with E-state index >= 15 is 0 Å². The zero-order chi connectivity index (χ0) is 23.9. The highest BCUT2D eigenvalue weighted by Crippen LogP contribution is 2.41. The molecule has 2 rings (SSSR count). The van der Waals surface area contributed by atoms with Crippen molar-refractivity contribution in [2.75, 3.05) is 0 Å². The first-order valence-electron chi connectivity index (χ1n) is 11.7. The van der Waals surface area contributed by atoms with E-state index in [1.807, 2.05) is 19.9 Å². The van der Waals surface area contributed by atoms with Gasteiger partial charge in [-0.1, -0.05) is 29.4 Å². The molecule has 0 bridgehead atoms. The zero-order valence-corrected chi connectivity index (χ0v) is 20.7. The van der Waals surface area contributed by atoms with Crippen LogP contribution in [-0.2, 0) is 11.2 Å². The Morgan fingerprint density at radius 1 is 1.03 bits per heavy atom. The van der Waals surface area contributed by atoms with Crippen LogP contribution in [0.3, 0.4) is 0 Å². The second kappa shape index (κ2) is 11.4. The van der Waals surface area contributed by atoms with Crippen LogP contribution in [0.4, 0.5) is 0 Å². The summed E-state index contributed by atoms with van der Waals surface area (Å²) < 4.78 is 6.46. The van der Waals surface area contributed by atoms with E-state index in [0.29, 0.717) is 11.3 Å². The van der Waals surface area contributed by atoms with Gasteiger partial charge in [0.05, 0.1) is 0 Å². The molecule has 0 aliphatic carbocycles. The second-order valence-electron chi connectivity index (χ2n) is 9.60. The molecule has 4 nitrogen and oxygen atoms in total. The quantitative estimate of drug-likeness (QED) is 0.295. The first kappa shape index (κ1) is 25.8. The molecule has 0 saturated carbocycles. The molecule has 176 valence electrons. The highest BCUT2D eigenvalue weighted by atomic mass is 16.5. The molecule has 0 amide bonds. The van der Waals surface area contributed by atoms with Crippen LogP contribution in [0, 0.1) is 13.8 Å². The van der Waals surface area contributed by atoms with E-state index < -0.39 is 5.97 Å². The summed E-state index contributed by atoms with van der Waals surface area (Å²) in [6.45, 7) is 12.1. The van der Waals surface area contributed by atoms with Gasteiger partial charge in [0, 0.05) is 5.57 Å². The number of carbonyl (C=O) groups is 1. The number of hydrogen-bond donors (Lipinski definition) is 2. The number of carboxylic acid groups (broad SMARTS) is 1. The molecule has 0 saturated heterocycles. The van der Waals surface area contributed by atoms with Gasteiger partial charge in [0.15, 0.2) is 0 Å². The number of rotatable bonds is 10. The monoisotopic (exact) mass is 440 g/mol. The number of allylic oxidation sites excluding steroid dienone is 5. The molecule has 1 aromatic carbocycles. The molecule has 1 aromatic rings. The summed E-state index contributed by atoms with van der Waals surface area (Å²) in [4.78, 5) is 10.8. The van der Waals surface area contributed by atoms with Gasteiger partial charge in [-0.05, 0) is 116 Å². The molecule has 0 unspecified atom stereocenters. The van der Waals surface area contributed by atoms with Crippen LogP contribution in [0.2, 0.25) is 0 Å². The number of aryl methyl sites for hydroxylation is 1. The van der Waals surface area contributed by atoms with Crippen LogP contribution in [0.5, 0.6) is 11.5 Å². The van der Waals surface area contributed by atoms with Crippen molar-refractivity contribution in [1.29, 1.82) is 0 Å². The summed E-state index contributed by atoms with van der Waals surface area (Å²) >= 11 is 0. The number of aliphatic carboxylic acids is 1. The lowest BCUT2D eigenvalue weighted by Gasteiger charge is -2.37. The number of benzene rings is 1. The van der Waals surface area contributed by atoms with E-state index in [-0.39, 0.29) is 5.60 Å². The van der Waals surface area contributed by atoms with E-state index in [9.17, 15) is 9.90 Å². The Kier molecular flexibility index (Phi) is 9.18. The van der Waals surface area contributed by atoms with E-state index in [1.165, 1.54) is 11.1 Å². The fourth-order valence-corrected chi connectivity index (χ4v) is 4.12. The second-order valence-corrected chi connectivity index (χ2v) is 9.60. The molecular weight excluding hydrogens is 400 g/mol. The van der Waals surface area contributed by atoms with Gasteiger partial charge < -0.3 is 14.9 Å². The maximum Gasteiger partial charge on any atom is 0.330 e. The van der Waals surface area contributed by atoms with E-state index in [4.69, 9.17) is 9.84 Å². The van der Waals surface area contributed by atoms with Gasteiger partial charge in [-0.3, -0.25) is 0 Å². The van der Waals surface area contributed by atoms with Gasteiger partial charge in [0.25, 0.3) is 0 Å². The summed E-state index contributed by atoms with van der Waals surface area (Å²) in [5, 5.41) is 19.0. The van der Waals surface area contributed by atoms with Crippen LogP contribution in [0.15, 0.2) is 41.0 Å². The fraction of sp³-hybridized carbons (Fsp3) is 0.536. The van der Waals surface area contributed by atoms with E-state index in [1.54, 1.807) is 13.0 Å². The fourth-order valence-electron chi connectivity index (χ4n) is 4.12. The SMILES string of the molecule is C/C(=C\CC/C(C)=C/CC[C@]1(C)CCc2cc(O)c(C)c(C)c2O1)CC/C=C(\C)C(=O)O. The largest absolute Gasteiger partial charge is 0.508 e. The highest BCUT2D eigenvalue weighted by molar-refractivity contribution is 5.85. The number of ether oxygens (including phenoxy) is 1. The third-order valence-electron chi connectivity index (χ3n) is 6.69. The third kappa shape index (κ3) is 7.29. The van der Waals surface area contributed by atoms with Gasteiger partial charge in [-0.25, -0.2) is 4.79 Å². The Bertz CT molecular complexity index is 920. The molecule has 2 N–H and O–H groups in total. The number of carboxylic acids is 1. The lowest BCUT2D eigenvalue weighted by molar-refractivity contribution is -0.132. The van der Waals surface area contributed by atoms with Crippen molar-refractivity contribution >= 4 is 5.97 Å². The summed E-state index contributed by atoms with van der Waals surface area (Å²) in [6, 6.07) is 1.86. The summed E-state index contributed by atoms with van der Waals surface area (Å²) in [5.74, 6) is 0.487. The Hall–Kier alpha value is -2.49. The lowest BCUT2D eigenvalue weighted by atomic mass is 9.87. The minimum absolute atomic E-state index is 0.171. The van der Waals surface area contributed by atoms with Gasteiger partial charge in [-0.15, -0.1) is 0 Å². The van der Waals surface area contributed by atoms with Crippen LogP contribution in [0.25, 0.3) is 0 Å². The molecule has 32 heavy (non-hydrogen) atoms. The summed E-state index contributed by atoms with van der Waals surface area (Å²) in [5.41, 5.74) is 6.02. The average molecular weight is 441 g/mol. The van der Waals surface area contributed by atoms with Crippen molar-refractivity contribution in [2.45, 2.75) is 98.5 Å². The minimum Gasteiger partial charge on any atom is -0.508 e. The summed E-state index contributed by atoms with van der Waals surface area (Å²) in [6.07, 6.45) is 14.0. The highest BCUT2D eigenvalue weighted by Gasteiger charge is 2.32. The molecule has 0 fully saturated rings. The Morgan fingerprint density at radius 2 is 1.62 bits per heavy atom.